The van der Waals surface area contributed by atoms with Crippen molar-refractivity contribution < 1.29 is 33.7 Å². The smallest absolute Gasteiger partial charge is 0.337 e. The molecule has 2 aliphatic rings. The Hall–Kier alpha value is -4.70. The van der Waals surface area contributed by atoms with E-state index in [1.165, 1.54) is 23.3 Å². The first kappa shape index (κ1) is 25.6. The van der Waals surface area contributed by atoms with Crippen LogP contribution in [0.2, 0.25) is 0 Å². The lowest BCUT2D eigenvalue weighted by Crippen LogP contribution is -2.29. The summed E-state index contributed by atoms with van der Waals surface area (Å²) in [5, 5.41) is 11.8. The quantitative estimate of drug-likeness (QED) is 0.157. The summed E-state index contributed by atoms with van der Waals surface area (Å²) in [5.74, 6) is -1.10. The van der Waals surface area contributed by atoms with Gasteiger partial charge in [-0.3, -0.25) is 14.5 Å². The van der Waals surface area contributed by atoms with Crippen LogP contribution in [0.1, 0.15) is 40.0 Å². The van der Waals surface area contributed by atoms with Crippen LogP contribution in [0.25, 0.3) is 16.0 Å². The van der Waals surface area contributed by atoms with Gasteiger partial charge in [-0.25, -0.2) is 9.78 Å². The average Bonchev–Trinajstić information content (AvgIpc) is 3.63. The van der Waals surface area contributed by atoms with Crippen LogP contribution >= 0.6 is 11.3 Å². The van der Waals surface area contributed by atoms with Crippen molar-refractivity contribution in [3.63, 3.8) is 0 Å². The normalized spacial score (nSPS) is 19.5. The molecule has 3 heterocycles. The van der Waals surface area contributed by atoms with E-state index in [1.807, 2.05) is 6.92 Å². The molecular formula is C30H24N2O7S. The monoisotopic (exact) mass is 556 g/mol. The number of amides is 1. The topological polar surface area (TPSA) is 115 Å². The van der Waals surface area contributed by atoms with Gasteiger partial charge in [-0.1, -0.05) is 23.5 Å². The highest BCUT2D eigenvalue weighted by Gasteiger charge is 2.48. The van der Waals surface area contributed by atoms with Crippen molar-refractivity contribution in [3.8, 4) is 11.5 Å². The van der Waals surface area contributed by atoms with Crippen molar-refractivity contribution in [3.05, 3.63) is 88.5 Å². The largest absolute Gasteiger partial charge is 0.507 e. The third-order valence-electron chi connectivity index (χ3n) is 7.05. The predicted octanol–water partition coefficient (Wildman–Crippen LogP) is 5.04. The molecule has 2 atom stereocenters. The Balaban J connectivity index is 1.52. The standard InChI is InChI=1S/C30H24N2O7S/c1-15-12-19-13-18(8-11-22(19)39-15)26(33)24-25(16-4-6-17(7-5-16)29(36)38-3)32(28(35)27(24)34)30-31-21-10-9-20(37-2)14-23(21)40-30/h4-11,13-15,25,33H,12H2,1-3H3/t15-,25+/m1/s1. The zero-order chi connectivity index (χ0) is 28.1. The number of rotatable bonds is 5. The SMILES string of the molecule is COC(=O)c1ccc([C@H]2C(=C(O)c3ccc4c(c3)C[C@@H](C)O4)C(=O)C(=O)N2c2nc3ccc(OC)cc3s2)cc1. The highest BCUT2D eigenvalue weighted by atomic mass is 32.1. The van der Waals surface area contributed by atoms with Crippen LogP contribution in [0, 0.1) is 0 Å². The molecule has 0 saturated carbocycles. The van der Waals surface area contributed by atoms with Crippen LogP contribution in [0.4, 0.5) is 5.13 Å². The number of carbonyl (C=O) groups is 3. The summed E-state index contributed by atoms with van der Waals surface area (Å²) in [7, 11) is 2.85. The molecule has 1 N–H and O–H groups in total. The minimum atomic E-state index is -0.988. The van der Waals surface area contributed by atoms with Crippen molar-refractivity contribution in [2.24, 2.45) is 0 Å². The molecule has 0 aliphatic carbocycles. The van der Waals surface area contributed by atoms with Crippen molar-refractivity contribution in [1.82, 2.24) is 4.98 Å². The molecule has 0 unspecified atom stereocenters. The molecule has 1 saturated heterocycles. The van der Waals surface area contributed by atoms with Gasteiger partial charge in [0, 0.05) is 12.0 Å². The zero-order valence-corrected chi connectivity index (χ0v) is 22.7. The maximum atomic E-state index is 13.6. The number of nitrogens with zero attached hydrogens (tertiary/aromatic N) is 2. The lowest BCUT2D eigenvalue weighted by atomic mass is 9.94. The average molecular weight is 557 g/mol. The number of fused-ring (bicyclic) bond motifs is 2. The van der Waals surface area contributed by atoms with Crippen molar-refractivity contribution in [2.75, 3.05) is 19.1 Å². The number of aliphatic hydroxyl groups is 1. The Morgan fingerprint density at radius 2 is 1.80 bits per heavy atom. The number of aliphatic hydroxyl groups excluding tert-OH is 1. The number of esters is 1. The number of aromatic nitrogens is 1. The molecule has 10 heteroatoms. The fourth-order valence-electron chi connectivity index (χ4n) is 5.11. The summed E-state index contributed by atoms with van der Waals surface area (Å²) in [6.45, 7) is 1.96. The van der Waals surface area contributed by atoms with Crippen molar-refractivity contribution in [1.29, 1.82) is 0 Å². The molecule has 40 heavy (non-hydrogen) atoms. The van der Waals surface area contributed by atoms with Gasteiger partial charge in [-0.15, -0.1) is 0 Å². The van der Waals surface area contributed by atoms with Crippen LogP contribution in [0.3, 0.4) is 0 Å². The Bertz CT molecular complexity index is 1720. The lowest BCUT2D eigenvalue weighted by molar-refractivity contribution is -0.132. The molecule has 1 amide bonds. The van der Waals surface area contributed by atoms with E-state index in [0.29, 0.717) is 39.5 Å². The van der Waals surface area contributed by atoms with Crippen LogP contribution in [-0.2, 0) is 20.7 Å². The van der Waals surface area contributed by atoms with Crippen LogP contribution in [-0.4, -0.2) is 48.1 Å². The molecule has 0 spiro atoms. The molecule has 0 radical (unpaired) electrons. The number of Topliss-reactive ketones (excluding diaryl/α,β-unsaturated/α-hetero) is 1. The van der Waals surface area contributed by atoms with E-state index >= 15 is 0 Å². The number of ketones is 1. The van der Waals surface area contributed by atoms with E-state index in [-0.39, 0.29) is 17.4 Å². The summed E-state index contributed by atoms with van der Waals surface area (Å²) in [5.41, 5.74) is 2.70. The van der Waals surface area contributed by atoms with Crippen molar-refractivity contribution >= 4 is 50.1 Å². The van der Waals surface area contributed by atoms with Gasteiger partial charge in [-0.2, -0.15) is 0 Å². The number of benzene rings is 3. The van der Waals surface area contributed by atoms with Crippen LogP contribution in [0.5, 0.6) is 11.5 Å². The molecule has 202 valence electrons. The first-order valence-electron chi connectivity index (χ1n) is 12.5. The minimum absolute atomic E-state index is 0.00367. The van der Waals surface area contributed by atoms with Gasteiger partial charge in [-0.05, 0) is 66.6 Å². The maximum absolute atomic E-state index is 13.6. The number of hydrogen-bond donors (Lipinski definition) is 1. The van der Waals surface area contributed by atoms with E-state index in [0.717, 1.165) is 16.0 Å². The molecule has 3 aromatic carbocycles. The van der Waals surface area contributed by atoms with E-state index in [9.17, 15) is 19.5 Å². The van der Waals surface area contributed by atoms with Gasteiger partial charge in [0.05, 0.1) is 41.6 Å². The Labute approximate surface area is 233 Å². The molecule has 6 rings (SSSR count). The van der Waals surface area contributed by atoms with Gasteiger partial charge in [0.1, 0.15) is 23.4 Å². The summed E-state index contributed by atoms with van der Waals surface area (Å²) in [4.78, 5) is 45.1. The van der Waals surface area contributed by atoms with Crippen LogP contribution in [0.15, 0.2) is 66.2 Å². The van der Waals surface area contributed by atoms with E-state index in [1.54, 1.807) is 67.8 Å². The number of anilines is 1. The number of methoxy groups -OCH3 is 2. The predicted molar refractivity (Wildman–Crippen MR) is 149 cm³/mol. The summed E-state index contributed by atoms with van der Waals surface area (Å²) >= 11 is 1.23. The van der Waals surface area contributed by atoms with Gasteiger partial charge in [0.2, 0.25) is 0 Å². The summed E-state index contributed by atoms with van der Waals surface area (Å²) in [6, 6.07) is 15.9. The van der Waals surface area contributed by atoms with Gasteiger partial charge in [0.25, 0.3) is 5.78 Å². The zero-order valence-electron chi connectivity index (χ0n) is 21.8. The second-order valence-corrected chi connectivity index (χ2v) is 10.6. The molecule has 4 aromatic rings. The molecule has 1 aromatic heterocycles. The molecule has 9 nitrogen and oxygen atoms in total. The Morgan fingerprint density at radius 1 is 1.05 bits per heavy atom. The fraction of sp³-hybridized carbons (Fsp3) is 0.200. The highest BCUT2D eigenvalue weighted by Crippen LogP contribution is 2.45. The van der Waals surface area contributed by atoms with E-state index in [2.05, 4.69) is 4.98 Å². The Kier molecular flexibility index (Phi) is 6.26. The third kappa shape index (κ3) is 4.17. The van der Waals surface area contributed by atoms with Gasteiger partial charge in [0.15, 0.2) is 5.13 Å². The van der Waals surface area contributed by atoms with Gasteiger partial charge < -0.3 is 19.3 Å². The van der Waals surface area contributed by atoms with Crippen LogP contribution < -0.4 is 14.4 Å². The Morgan fingerprint density at radius 3 is 2.52 bits per heavy atom. The number of hydrogen-bond acceptors (Lipinski definition) is 9. The first-order valence-corrected chi connectivity index (χ1v) is 13.3. The molecule has 2 aliphatic heterocycles. The number of thiazole rings is 1. The second kappa shape index (κ2) is 9.80. The summed E-state index contributed by atoms with van der Waals surface area (Å²) in [6.07, 6.45) is 0.669. The van der Waals surface area contributed by atoms with Crippen molar-refractivity contribution in [2.45, 2.75) is 25.5 Å². The fourth-order valence-corrected chi connectivity index (χ4v) is 6.13. The highest BCUT2D eigenvalue weighted by molar-refractivity contribution is 7.22. The number of ether oxygens (including phenoxy) is 3. The van der Waals surface area contributed by atoms with E-state index < -0.39 is 23.7 Å². The maximum Gasteiger partial charge on any atom is 0.337 e. The third-order valence-corrected chi connectivity index (χ3v) is 8.07. The lowest BCUT2D eigenvalue weighted by Gasteiger charge is -2.23. The molecule has 1 fully saturated rings. The molecule has 0 bridgehead atoms. The second-order valence-electron chi connectivity index (χ2n) is 9.57. The minimum Gasteiger partial charge on any atom is -0.507 e. The molecular weight excluding hydrogens is 532 g/mol. The first-order chi connectivity index (χ1) is 19.3. The van der Waals surface area contributed by atoms with E-state index in [4.69, 9.17) is 14.2 Å². The number of carbonyl (C=O) groups excluding carboxylic acids is 3. The summed E-state index contributed by atoms with van der Waals surface area (Å²) < 4.78 is 16.7. The van der Waals surface area contributed by atoms with Gasteiger partial charge >= 0.3 is 11.9 Å².